The molecule has 0 aliphatic heterocycles. The number of anilines is 1. The molecule has 0 spiro atoms. The van der Waals surface area contributed by atoms with Crippen LogP contribution in [0.25, 0.3) is 0 Å². The van der Waals surface area contributed by atoms with Crippen LogP contribution in [0.1, 0.15) is 27.4 Å². The number of ether oxygens (including phenoxy) is 1. The van der Waals surface area contributed by atoms with Crippen LogP contribution in [0.15, 0.2) is 53.1 Å². The number of nitrogens with zero attached hydrogens (tertiary/aromatic N) is 1. The maximum absolute atomic E-state index is 13.2. The summed E-state index contributed by atoms with van der Waals surface area (Å²) < 4.78 is 62.9. The van der Waals surface area contributed by atoms with E-state index in [9.17, 15) is 22.4 Å². The molecule has 0 bridgehead atoms. The van der Waals surface area contributed by atoms with Crippen LogP contribution in [0, 0.1) is 12.7 Å². The van der Waals surface area contributed by atoms with E-state index in [-0.39, 0.29) is 29.4 Å². The van der Waals surface area contributed by atoms with E-state index in [0.717, 1.165) is 18.2 Å². The van der Waals surface area contributed by atoms with E-state index < -0.39 is 29.2 Å². The molecule has 1 heterocycles. The minimum atomic E-state index is -4.63. The fourth-order valence-corrected chi connectivity index (χ4v) is 2.47. The normalized spacial score (nSPS) is 11.3. The van der Waals surface area contributed by atoms with Crippen molar-refractivity contribution in [2.75, 3.05) is 5.32 Å². The molecule has 0 aliphatic rings. The maximum atomic E-state index is 13.2. The number of amides is 1. The Balaban J connectivity index is 1.81. The number of hydrogen-bond donors (Lipinski definition) is 1. The van der Waals surface area contributed by atoms with Crippen molar-refractivity contribution in [2.45, 2.75) is 19.7 Å². The van der Waals surface area contributed by atoms with Gasteiger partial charge in [0.1, 0.15) is 23.9 Å². The highest BCUT2D eigenvalue weighted by Crippen LogP contribution is 2.34. The second kappa shape index (κ2) is 7.71. The van der Waals surface area contributed by atoms with E-state index in [2.05, 4.69) is 10.5 Å². The van der Waals surface area contributed by atoms with E-state index in [1.807, 2.05) is 0 Å². The van der Waals surface area contributed by atoms with Gasteiger partial charge in [0, 0.05) is 6.07 Å². The van der Waals surface area contributed by atoms with Gasteiger partial charge in [-0.1, -0.05) is 23.4 Å². The summed E-state index contributed by atoms with van der Waals surface area (Å²) in [5.74, 6) is -0.910. The third kappa shape index (κ3) is 4.30. The largest absolute Gasteiger partial charge is 0.489 e. The number of para-hydroxylation sites is 1. The van der Waals surface area contributed by atoms with Crippen LogP contribution >= 0.6 is 0 Å². The van der Waals surface area contributed by atoms with Gasteiger partial charge in [-0.3, -0.25) is 4.79 Å². The van der Waals surface area contributed by atoms with E-state index in [0.29, 0.717) is 0 Å². The van der Waals surface area contributed by atoms with E-state index in [1.54, 1.807) is 0 Å². The summed E-state index contributed by atoms with van der Waals surface area (Å²) in [5.41, 5.74) is -1.36. The van der Waals surface area contributed by atoms with Crippen LogP contribution in [0.4, 0.5) is 23.2 Å². The Bertz CT molecular complexity index is 999. The Hall–Kier alpha value is -3.36. The molecule has 146 valence electrons. The summed E-state index contributed by atoms with van der Waals surface area (Å²) in [4.78, 5) is 12.5. The third-order valence-corrected chi connectivity index (χ3v) is 3.86. The lowest BCUT2D eigenvalue weighted by atomic mass is 10.1. The molecule has 28 heavy (non-hydrogen) atoms. The van der Waals surface area contributed by atoms with E-state index in [1.165, 1.54) is 37.3 Å². The predicted molar refractivity (Wildman–Crippen MR) is 91.4 cm³/mol. The van der Waals surface area contributed by atoms with Crippen molar-refractivity contribution < 1.29 is 31.6 Å². The second-order valence-corrected chi connectivity index (χ2v) is 5.81. The molecule has 0 unspecified atom stereocenters. The van der Waals surface area contributed by atoms with E-state index >= 15 is 0 Å². The van der Waals surface area contributed by atoms with Crippen molar-refractivity contribution in [3.05, 3.63) is 76.9 Å². The molecule has 0 aliphatic carbocycles. The minimum absolute atomic E-state index is 0.178. The average molecular weight is 394 g/mol. The summed E-state index contributed by atoms with van der Waals surface area (Å²) in [6.45, 7) is 1.35. The molecule has 3 aromatic rings. The molecule has 2 aromatic carbocycles. The summed E-state index contributed by atoms with van der Waals surface area (Å²) in [6.07, 6.45) is -4.63. The maximum Gasteiger partial charge on any atom is 0.418 e. The lowest BCUT2D eigenvalue weighted by Gasteiger charge is -2.13. The lowest BCUT2D eigenvalue weighted by Crippen LogP contribution is -2.18. The van der Waals surface area contributed by atoms with Gasteiger partial charge in [-0.25, -0.2) is 4.39 Å². The highest BCUT2D eigenvalue weighted by molar-refractivity contribution is 6.04. The van der Waals surface area contributed by atoms with E-state index in [4.69, 9.17) is 9.26 Å². The van der Waals surface area contributed by atoms with Gasteiger partial charge >= 0.3 is 6.18 Å². The highest BCUT2D eigenvalue weighted by Gasteiger charge is 2.34. The Morgan fingerprint density at radius 2 is 1.93 bits per heavy atom. The topological polar surface area (TPSA) is 64.4 Å². The van der Waals surface area contributed by atoms with Crippen LogP contribution < -0.4 is 10.1 Å². The number of halogens is 4. The smallest absolute Gasteiger partial charge is 0.418 e. The lowest BCUT2D eigenvalue weighted by molar-refractivity contribution is -0.136. The quantitative estimate of drug-likeness (QED) is 0.621. The highest BCUT2D eigenvalue weighted by atomic mass is 19.4. The number of carbonyl (C=O) groups is 1. The molecule has 1 N–H and O–H groups in total. The fraction of sp³-hybridized carbons (Fsp3) is 0.158. The summed E-state index contributed by atoms with van der Waals surface area (Å²) >= 11 is 0. The molecule has 0 saturated carbocycles. The van der Waals surface area contributed by atoms with Crippen molar-refractivity contribution in [1.82, 2.24) is 5.16 Å². The van der Waals surface area contributed by atoms with Crippen LogP contribution in [-0.2, 0) is 12.8 Å². The summed E-state index contributed by atoms with van der Waals surface area (Å²) in [6, 6.07) is 9.95. The Morgan fingerprint density at radius 3 is 2.64 bits per heavy atom. The van der Waals surface area contributed by atoms with Crippen molar-refractivity contribution in [2.24, 2.45) is 0 Å². The molecular formula is C19H14F4N2O3. The van der Waals surface area contributed by atoms with Crippen molar-refractivity contribution in [1.29, 1.82) is 0 Å². The fourth-order valence-electron chi connectivity index (χ4n) is 2.47. The standard InChI is InChI=1S/C19H14F4N2O3/c1-11-14(10-27-13-6-4-5-12(20)9-13)17(25-28-11)18(26)24-16-8-3-2-7-15(16)19(21,22)23/h2-9H,10H2,1H3,(H,24,26). The molecule has 3 rings (SSSR count). The van der Waals surface area contributed by atoms with Gasteiger partial charge in [0.25, 0.3) is 5.91 Å². The van der Waals surface area contributed by atoms with Gasteiger partial charge in [-0.15, -0.1) is 0 Å². The van der Waals surface area contributed by atoms with Crippen molar-refractivity contribution in [3.63, 3.8) is 0 Å². The average Bonchev–Trinajstić information content (AvgIpc) is 3.00. The van der Waals surface area contributed by atoms with Crippen LogP contribution in [0.5, 0.6) is 5.75 Å². The minimum Gasteiger partial charge on any atom is -0.489 e. The summed E-state index contributed by atoms with van der Waals surface area (Å²) in [7, 11) is 0. The molecule has 0 radical (unpaired) electrons. The number of hydrogen-bond acceptors (Lipinski definition) is 4. The first-order valence-corrected chi connectivity index (χ1v) is 8.07. The Kier molecular flexibility index (Phi) is 5.34. The van der Waals surface area contributed by atoms with Gasteiger partial charge in [0.2, 0.25) is 0 Å². The van der Waals surface area contributed by atoms with Gasteiger partial charge < -0.3 is 14.6 Å². The zero-order valence-corrected chi connectivity index (χ0v) is 14.5. The number of aromatic nitrogens is 1. The number of aryl methyl sites for hydroxylation is 1. The number of alkyl halides is 3. The first-order valence-electron chi connectivity index (χ1n) is 8.07. The van der Waals surface area contributed by atoms with Crippen LogP contribution in [0.3, 0.4) is 0 Å². The van der Waals surface area contributed by atoms with Crippen molar-refractivity contribution in [3.8, 4) is 5.75 Å². The van der Waals surface area contributed by atoms with Gasteiger partial charge in [0.15, 0.2) is 5.69 Å². The first kappa shape index (κ1) is 19.4. The number of carbonyl (C=O) groups excluding carboxylic acids is 1. The zero-order chi connectivity index (χ0) is 20.3. The molecule has 0 atom stereocenters. The molecule has 5 nitrogen and oxygen atoms in total. The van der Waals surface area contributed by atoms with Crippen LogP contribution in [-0.4, -0.2) is 11.1 Å². The first-order chi connectivity index (χ1) is 13.3. The van der Waals surface area contributed by atoms with Gasteiger partial charge in [-0.05, 0) is 31.2 Å². The monoisotopic (exact) mass is 394 g/mol. The zero-order valence-electron chi connectivity index (χ0n) is 14.5. The Labute approximate surface area is 156 Å². The summed E-state index contributed by atoms with van der Waals surface area (Å²) in [5, 5.41) is 5.81. The van der Waals surface area contributed by atoms with Gasteiger partial charge in [-0.2, -0.15) is 13.2 Å². The molecule has 9 heteroatoms. The van der Waals surface area contributed by atoms with Crippen LogP contribution in [0.2, 0.25) is 0 Å². The molecule has 1 aromatic heterocycles. The number of rotatable bonds is 5. The second-order valence-electron chi connectivity index (χ2n) is 5.81. The SMILES string of the molecule is Cc1onc(C(=O)Nc2ccccc2C(F)(F)F)c1COc1cccc(F)c1. The third-order valence-electron chi connectivity index (χ3n) is 3.86. The molecule has 1 amide bonds. The predicted octanol–water partition coefficient (Wildman–Crippen LogP) is 4.97. The van der Waals surface area contributed by atoms with Gasteiger partial charge in [0.05, 0.1) is 16.8 Å². The molecule has 0 saturated heterocycles. The molecule has 0 fully saturated rings. The van der Waals surface area contributed by atoms with Crippen molar-refractivity contribution >= 4 is 11.6 Å². The number of benzene rings is 2. The number of nitrogens with one attached hydrogen (secondary N) is 1. The molecular weight excluding hydrogens is 380 g/mol. The Morgan fingerprint density at radius 1 is 1.18 bits per heavy atom.